The standard InChI is InChI=1S/C27H35FN6O3S/c1-19-18-29-26(31-21-10-11-24(23(28)17-21)37-15-14-34-12-5-6-13-34)32-25(19)30-20-8-7-9-22(16-20)33-38(35,36)27(2,3)4/h7-11,16-18,33H,5-6,12-15H2,1-4H3,(H2,29,30,31,32). The molecule has 0 saturated carbocycles. The molecule has 2 heterocycles. The van der Waals surface area contributed by atoms with Gasteiger partial charge < -0.3 is 15.4 Å². The van der Waals surface area contributed by atoms with Crippen LogP contribution in [0.25, 0.3) is 0 Å². The van der Waals surface area contributed by atoms with Crippen molar-refractivity contribution in [1.82, 2.24) is 14.9 Å². The Labute approximate surface area is 223 Å². The van der Waals surface area contributed by atoms with Crippen molar-refractivity contribution in [3.05, 3.63) is 60.0 Å². The molecule has 0 aliphatic carbocycles. The fourth-order valence-electron chi connectivity index (χ4n) is 3.85. The van der Waals surface area contributed by atoms with Crippen LogP contribution in [0.4, 0.5) is 33.2 Å². The normalized spacial score (nSPS) is 14.3. The number of ether oxygens (including phenoxy) is 1. The molecule has 1 aliphatic rings. The summed E-state index contributed by atoms with van der Waals surface area (Å²) in [6, 6.07) is 11.6. The number of halogens is 1. The van der Waals surface area contributed by atoms with Crippen LogP contribution in [0.5, 0.6) is 5.75 Å². The molecule has 4 rings (SSSR count). The van der Waals surface area contributed by atoms with Crippen LogP contribution in [-0.2, 0) is 10.0 Å². The summed E-state index contributed by atoms with van der Waals surface area (Å²) in [5.41, 5.74) is 2.36. The van der Waals surface area contributed by atoms with E-state index in [2.05, 4.69) is 30.2 Å². The number of aromatic nitrogens is 2. The Hall–Kier alpha value is -3.44. The van der Waals surface area contributed by atoms with E-state index in [0.717, 1.165) is 25.2 Å². The van der Waals surface area contributed by atoms with E-state index in [-0.39, 0.29) is 11.7 Å². The number of hydrogen-bond donors (Lipinski definition) is 3. The molecule has 3 N–H and O–H groups in total. The first-order chi connectivity index (χ1) is 18.0. The summed E-state index contributed by atoms with van der Waals surface area (Å²) >= 11 is 0. The van der Waals surface area contributed by atoms with Gasteiger partial charge in [-0.3, -0.25) is 9.62 Å². The van der Waals surface area contributed by atoms with Crippen molar-refractivity contribution in [2.24, 2.45) is 0 Å². The number of rotatable bonds is 10. The highest BCUT2D eigenvalue weighted by molar-refractivity contribution is 7.94. The molecule has 1 aliphatic heterocycles. The summed E-state index contributed by atoms with van der Waals surface area (Å²) in [6.45, 7) is 10.1. The van der Waals surface area contributed by atoms with Gasteiger partial charge in [0.05, 0.1) is 10.4 Å². The molecule has 0 atom stereocenters. The predicted octanol–water partition coefficient (Wildman–Crippen LogP) is 5.43. The highest BCUT2D eigenvalue weighted by Crippen LogP contribution is 2.27. The molecule has 0 unspecified atom stereocenters. The molecule has 0 bridgehead atoms. The van der Waals surface area contributed by atoms with Crippen molar-refractivity contribution in [3.63, 3.8) is 0 Å². The molecule has 0 amide bonds. The number of benzene rings is 2. The average molecular weight is 543 g/mol. The summed E-state index contributed by atoms with van der Waals surface area (Å²) in [5, 5.41) is 6.23. The molecule has 0 radical (unpaired) electrons. The molecular formula is C27H35FN6O3S. The van der Waals surface area contributed by atoms with E-state index < -0.39 is 20.6 Å². The molecule has 1 aromatic heterocycles. The minimum atomic E-state index is -3.56. The van der Waals surface area contributed by atoms with Crippen LogP contribution in [-0.4, -0.2) is 54.3 Å². The summed E-state index contributed by atoms with van der Waals surface area (Å²) in [4.78, 5) is 11.1. The van der Waals surface area contributed by atoms with E-state index in [1.54, 1.807) is 63.4 Å². The second-order valence-electron chi connectivity index (χ2n) is 10.3. The molecule has 1 saturated heterocycles. The fraction of sp³-hybridized carbons (Fsp3) is 0.407. The van der Waals surface area contributed by atoms with Crippen molar-refractivity contribution in [1.29, 1.82) is 0 Å². The number of anilines is 5. The summed E-state index contributed by atoms with van der Waals surface area (Å²) in [5.74, 6) is 0.561. The highest BCUT2D eigenvalue weighted by Gasteiger charge is 2.28. The van der Waals surface area contributed by atoms with Gasteiger partial charge in [-0.15, -0.1) is 0 Å². The minimum Gasteiger partial charge on any atom is -0.489 e. The van der Waals surface area contributed by atoms with Crippen LogP contribution < -0.4 is 20.1 Å². The topological polar surface area (TPSA) is 108 Å². The van der Waals surface area contributed by atoms with Crippen molar-refractivity contribution < 1.29 is 17.5 Å². The minimum absolute atomic E-state index is 0.212. The van der Waals surface area contributed by atoms with E-state index in [1.807, 2.05) is 6.92 Å². The second kappa shape index (κ2) is 11.5. The Kier molecular flexibility index (Phi) is 8.37. The van der Waals surface area contributed by atoms with E-state index >= 15 is 0 Å². The van der Waals surface area contributed by atoms with Crippen LogP contribution in [0.15, 0.2) is 48.7 Å². The van der Waals surface area contributed by atoms with Gasteiger partial charge in [-0.2, -0.15) is 4.98 Å². The largest absolute Gasteiger partial charge is 0.489 e. The van der Waals surface area contributed by atoms with Gasteiger partial charge in [-0.05, 0) is 84.0 Å². The highest BCUT2D eigenvalue weighted by atomic mass is 32.2. The zero-order valence-corrected chi connectivity index (χ0v) is 23.0. The van der Waals surface area contributed by atoms with Crippen LogP contribution in [0.2, 0.25) is 0 Å². The molecule has 1 fully saturated rings. The van der Waals surface area contributed by atoms with Crippen molar-refractivity contribution in [2.45, 2.75) is 45.3 Å². The molecule has 2 aromatic carbocycles. The van der Waals surface area contributed by atoms with E-state index in [0.29, 0.717) is 29.5 Å². The van der Waals surface area contributed by atoms with Crippen molar-refractivity contribution in [2.75, 3.05) is 41.6 Å². The van der Waals surface area contributed by atoms with Crippen LogP contribution >= 0.6 is 0 Å². The van der Waals surface area contributed by atoms with Gasteiger partial charge in [0.25, 0.3) is 0 Å². The van der Waals surface area contributed by atoms with Crippen molar-refractivity contribution >= 4 is 38.9 Å². The average Bonchev–Trinajstić information content (AvgIpc) is 3.35. The molecule has 0 spiro atoms. The first-order valence-corrected chi connectivity index (χ1v) is 14.1. The molecule has 11 heteroatoms. The second-order valence-corrected chi connectivity index (χ2v) is 12.8. The molecule has 3 aromatic rings. The SMILES string of the molecule is Cc1cnc(Nc2ccc(OCCN3CCCC3)c(F)c2)nc1Nc1cccc(NS(=O)(=O)C(C)(C)C)c1. The molecule has 204 valence electrons. The van der Waals surface area contributed by atoms with Gasteiger partial charge in [0.2, 0.25) is 16.0 Å². The van der Waals surface area contributed by atoms with Crippen LogP contribution in [0.1, 0.15) is 39.2 Å². The maximum absolute atomic E-state index is 14.6. The zero-order chi connectivity index (χ0) is 27.3. The number of nitrogens with one attached hydrogen (secondary N) is 3. The Morgan fingerprint density at radius 2 is 1.74 bits per heavy atom. The third kappa shape index (κ3) is 7.11. The van der Waals surface area contributed by atoms with Gasteiger partial charge in [-0.25, -0.2) is 17.8 Å². The van der Waals surface area contributed by atoms with Crippen LogP contribution in [0.3, 0.4) is 0 Å². The fourth-order valence-corrected chi connectivity index (χ4v) is 4.59. The molecule has 38 heavy (non-hydrogen) atoms. The van der Waals surface area contributed by atoms with E-state index in [1.165, 1.54) is 18.9 Å². The number of hydrogen-bond acceptors (Lipinski definition) is 8. The Morgan fingerprint density at radius 3 is 2.45 bits per heavy atom. The number of sulfonamides is 1. The third-order valence-corrected chi connectivity index (χ3v) is 8.32. The van der Waals surface area contributed by atoms with E-state index in [9.17, 15) is 12.8 Å². The number of nitrogens with zero attached hydrogens (tertiary/aromatic N) is 3. The first-order valence-electron chi connectivity index (χ1n) is 12.6. The molecular weight excluding hydrogens is 507 g/mol. The van der Waals surface area contributed by atoms with Gasteiger partial charge in [0.1, 0.15) is 12.4 Å². The Morgan fingerprint density at radius 1 is 1.03 bits per heavy atom. The van der Waals surface area contributed by atoms with E-state index in [4.69, 9.17) is 4.74 Å². The first kappa shape index (κ1) is 27.6. The lowest BCUT2D eigenvalue weighted by Gasteiger charge is -2.20. The maximum atomic E-state index is 14.6. The quantitative estimate of drug-likeness (QED) is 0.311. The predicted molar refractivity (Wildman–Crippen MR) is 150 cm³/mol. The number of aryl methyl sites for hydroxylation is 1. The van der Waals surface area contributed by atoms with Gasteiger partial charge in [0.15, 0.2) is 11.6 Å². The van der Waals surface area contributed by atoms with Gasteiger partial charge >= 0.3 is 0 Å². The zero-order valence-electron chi connectivity index (χ0n) is 22.2. The lowest BCUT2D eigenvalue weighted by Crippen LogP contribution is -2.33. The third-order valence-electron chi connectivity index (χ3n) is 6.21. The lowest BCUT2D eigenvalue weighted by molar-refractivity contribution is 0.231. The van der Waals surface area contributed by atoms with Gasteiger partial charge in [-0.1, -0.05) is 6.07 Å². The smallest absolute Gasteiger partial charge is 0.237 e. The monoisotopic (exact) mass is 542 g/mol. The molecule has 9 nitrogen and oxygen atoms in total. The Bertz CT molecular complexity index is 1370. The summed E-state index contributed by atoms with van der Waals surface area (Å²) in [6.07, 6.45) is 4.06. The summed E-state index contributed by atoms with van der Waals surface area (Å²) in [7, 11) is -3.56. The summed E-state index contributed by atoms with van der Waals surface area (Å²) < 4.78 is 47.0. The maximum Gasteiger partial charge on any atom is 0.237 e. The van der Waals surface area contributed by atoms with Crippen molar-refractivity contribution in [3.8, 4) is 5.75 Å². The lowest BCUT2D eigenvalue weighted by atomic mass is 10.2. The number of likely N-dealkylation sites (tertiary alicyclic amines) is 1. The van der Waals surface area contributed by atoms with Gasteiger partial charge in [0, 0.05) is 35.7 Å². The Balaban J connectivity index is 1.41. The van der Waals surface area contributed by atoms with Crippen LogP contribution in [0, 0.1) is 12.7 Å².